The molecule has 182 valence electrons. The van der Waals surface area contributed by atoms with Crippen LogP contribution in [0.25, 0.3) is 0 Å². The SMILES string of the molecule is Cn1cc(C#Cc2ccc(Cc3cc([C@H]4CC(O)CC(CO)O4)ccc3Cl)cc2)c(=O)n(C)c1=O. The van der Waals surface area contributed by atoms with Gasteiger partial charge in [0.15, 0.2) is 0 Å². The molecule has 1 aromatic heterocycles. The minimum Gasteiger partial charge on any atom is -0.394 e. The summed E-state index contributed by atoms with van der Waals surface area (Å²) in [6.45, 7) is -0.125. The smallest absolute Gasteiger partial charge is 0.330 e. The maximum atomic E-state index is 12.2. The summed E-state index contributed by atoms with van der Waals surface area (Å²) in [7, 11) is 3.01. The third kappa shape index (κ3) is 5.75. The summed E-state index contributed by atoms with van der Waals surface area (Å²) in [5, 5.41) is 20.2. The minimum absolute atomic E-state index is 0.125. The molecule has 8 heteroatoms. The highest BCUT2D eigenvalue weighted by atomic mass is 35.5. The molecule has 2 N–H and O–H groups in total. The summed E-state index contributed by atoms with van der Waals surface area (Å²) in [6.07, 6.45) is 1.76. The Balaban J connectivity index is 1.51. The largest absolute Gasteiger partial charge is 0.394 e. The third-order valence-corrected chi connectivity index (χ3v) is 6.53. The second-order valence-corrected chi connectivity index (χ2v) is 9.24. The lowest BCUT2D eigenvalue weighted by Crippen LogP contribution is -2.37. The van der Waals surface area contributed by atoms with Gasteiger partial charge in [-0.1, -0.05) is 47.7 Å². The van der Waals surface area contributed by atoms with Gasteiger partial charge in [-0.25, -0.2) is 4.79 Å². The van der Waals surface area contributed by atoms with Crippen LogP contribution in [0.5, 0.6) is 0 Å². The van der Waals surface area contributed by atoms with Gasteiger partial charge in [-0.05, 0) is 41.3 Å². The highest BCUT2D eigenvalue weighted by Crippen LogP contribution is 2.33. The lowest BCUT2D eigenvalue weighted by atomic mass is 9.94. The van der Waals surface area contributed by atoms with E-state index < -0.39 is 17.4 Å². The van der Waals surface area contributed by atoms with Crippen LogP contribution in [-0.4, -0.2) is 38.2 Å². The van der Waals surface area contributed by atoms with Gasteiger partial charge in [-0.2, -0.15) is 0 Å². The fraction of sp³-hybridized carbons (Fsp3) is 0.333. The fourth-order valence-corrected chi connectivity index (χ4v) is 4.40. The van der Waals surface area contributed by atoms with Crippen molar-refractivity contribution in [1.29, 1.82) is 0 Å². The van der Waals surface area contributed by atoms with Gasteiger partial charge < -0.3 is 19.5 Å². The Bertz CT molecular complexity index is 1400. The van der Waals surface area contributed by atoms with Crippen LogP contribution in [0.1, 0.15) is 46.8 Å². The molecule has 1 aliphatic heterocycles. The molecule has 1 saturated heterocycles. The first-order valence-corrected chi connectivity index (χ1v) is 11.7. The maximum absolute atomic E-state index is 12.2. The molecule has 0 amide bonds. The van der Waals surface area contributed by atoms with E-state index in [1.165, 1.54) is 17.8 Å². The molecule has 7 nitrogen and oxygen atoms in total. The molecule has 2 unspecified atom stereocenters. The Labute approximate surface area is 208 Å². The molecule has 0 saturated carbocycles. The van der Waals surface area contributed by atoms with E-state index in [0.717, 1.165) is 26.8 Å². The first-order chi connectivity index (χ1) is 16.7. The van der Waals surface area contributed by atoms with E-state index >= 15 is 0 Å². The normalized spacial score (nSPS) is 19.7. The van der Waals surface area contributed by atoms with E-state index in [-0.39, 0.29) is 24.4 Å². The maximum Gasteiger partial charge on any atom is 0.330 e. The van der Waals surface area contributed by atoms with Crippen molar-refractivity contribution in [2.24, 2.45) is 14.1 Å². The number of rotatable bonds is 4. The number of hydrogen-bond donors (Lipinski definition) is 2. The molecular formula is C27H27ClN2O5. The van der Waals surface area contributed by atoms with Gasteiger partial charge in [0.2, 0.25) is 0 Å². The number of aliphatic hydroxyl groups excluding tert-OH is 2. The molecule has 0 aliphatic carbocycles. The molecule has 0 spiro atoms. The standard InChI is InChI=1S/C27H27ClN2O5/c1-29-15-20(26(33)30(2)27(29)34)8-7-17-3-5-18(6-4-17)11-21-12-19(9-10-24(21)28)25-14-22(32)13-23(16-31)35-25/h3-6,9-10,12,15,22-23,25,31-32H,11,13-14,16H2,1-2H3/t22?,23?,25-/m1/s1. The summed E-state index contributed by atoms with van der Waals surface area (Å²) >= 11 is 6.46. The zero-order chi connectivity index (χ0) is 25.1. The summed E-state index contributed by atoms with van der Waals surface area (Å²) < 4.78 is 8.30. The zero-order valence-electron chi connectivity index (χ0n) is 19.6. The van der Waals surface area contributed by atoms with Crippen LogP contribution in [0.2, 0.25) is 5.02 Å². The average Bonchev–Trinajstić information content (AvgIpc) is 2.86. The molecule has 4 rings (SSSR count). The molecule has 3 atom stereocenters. The monoisotopic (exact) mass is 494 g/mol. The second kappa shape index (κ2) is 10.6. The third-order valence-electron chi connectivity index (χ3n) is 6.16. The van der Waals surface area contributed by atoms with Crippen LogP contribution in [0.3, 0.4) is 0 Å². The van der Waals surface area contributed by atoms with E-state index in [1.807, 2.05) is 42.5 Å². The van der Waals surface area contributed by atoms with Gasteiger partial charge in [0.05, 0.1) is 24.9 Å². The second-order valence-electron chi connectivity index (χ2n) is 8.83. The van der Waals surface area contributed by atoms with Gasteiger partial charge >= 0.3 is 5.69 Å². The lowest BCUT2D eigenvalue weighted by Gasteiger charge is -2.32. The predicted molar refractivity (Wildman–Crippen MR) is 134 cm³/mol. The summed E-state index contributed by atoms with van der Waals surface area (Å²) in [5.74, 6) is 5.83. The molecule has 0 radical (unpaired) electrons. The first-order valence-electron chi connectivity index (χ1n) is 11.4. The van der Waals surface area contributed by atoms with E-state index in [0.29, 0.717) is 24.3 Å². The molecule has 1 fully saturated rings. The molecule has 3 aromatic rings. The van der Waals surface area contributed by atoms with Gasteiger partial charge in [0.1, 0.15) is 5.56 Å². The molecule has 0 bridgehead atoms. The van der Waals surface area contributed by atoms with Crippen LogP contribution >= 0.6 is 11.6 Å². The van der Waals surface area contributed by atoms with E-state index in [1.54, 1.807) is 7.05 Å². The molecule has 35 heavy (non-hydrogen) atoms. The number of aryl methyl sites for hydroxylation is 1. The van der Waals surface area contributed by atoms with Crippen molar-refractivity contribution in [2.75, 3.05) is 6.61 Å². The van der Waals surface area contributed by atoms with Crippen LogP contribution < -0.4 is 11.2 Å². The number of halogens is 1. The van der Waals surface area contributed by atoms with Gasteiger partial charge in [-0.3, -0.25) is 9.36 Å². The van der Waals surface area contributed by atoms with Crippen molar-refractivity contribution in [3.05, 3.63) is 102 Å². The zero-order valence-corrected chi connectivity index (χ0v) is 20.3. The van der Waals surface area contributed by atoms with E-state index in [2.05, 4.69) is 11.8 Å². The van der Waals surface area contributed by atoms with E-state index in [4.69, 9.17) is 16.3 Å². The quantitative estimate of drug-likeness (QED) is 0.543. The van der Waals surface area contributed by atoms with Gasteiger partial charge in [0, 0.05) is 43.7 Å². The molecule has 2 heterocycles. The van der Waals surface area contributed by atoms with Crippen molar-refractivity contribution in [3.63, 3.8) is 0 Å². The van der Waals surface area contributed by atoms with Crippen molar-refractivity contribution in [2.45, 2.75) is 37.6 Å². The van der Waals surface area contributed by atoms with Crippen LogP contribution in [0, 0.1) is 11.8 Å². The summed E-state index contributed by atoms with van der Waals surface area (Å²) in [6, 6.07) is 13.4. The van der Waals surface area contributed by atoms with Crippen molar-refractivity contribution < 1.29 is 14.9 Å². The number of hydrogen-bond acceptors (Lipinski definition) is 5. The number of ether oxygens (including phenoxy) is 1. The number of aromatic nitrogens is 2. The topological polar surface area (TPSA) is 93.7 Å². The van der Waals surface area contributed by atoms with Gasteiger partial charge in [0.25, 0.3) is 5.56 Å². The average molecular weight is 495 g/mol. The van der Waals surface area contributed by atoms with Crippen molar-refractivity contribution in [3.8, 4) is 11.8 Å². The number of aliphatic hydroxyl groups is 2. The summed E-state index contributed by atoms with van der Waals surface area (Å²) in [5.41, 5.74) is 3.05. The molecule has 1 aliphatic rings. The van der Waals surface area contributed by atoms with E-state index in [9.17, 15) is 19.8 Å². The Morgan fingerprint density at radius 2 is 1.83 bits per heavy atom. The highest BCUT2D eigenvalue weighted by molar-refractivity contribution is 6.31. The Kier molecular flexibility index (Phi) is 7.58. The van der Waals surface area contributed by atoms with Crippen LogP contribution in [0.4, 0.5) is 0 Å². The number of nitrogens with zero attached hydrogens (tertiary/aromatic N) is 2. The van der Waals surface area contributed by atoms with Crippen LogP contribution in [-0.2, 0) is 25.3 Å². The molecule has 2 aromatic carbocycles. The molecular weight excluding hydrogens is 468 g/mol. The Hall–Kier alpha value is -3.15. The predicted octanol–water partition coefficient (Wildman–Crippen LogP) is 2.30. The summed E-state index contributed by atoms with van der Waals surface area (Å²) in [4.78, 5) is 24.1. The van der Waals surface area contributed by atoms with Crippen molar-refractivity contribution >= 4 is 11.6 Å². The lowest BCUT2D eigenvalue weighted by molar-refractivity contribution is -0.113. The minimum atomic E-state index is -0.514. The first kappa shape index (κ1) is 25.0. The van der Waals surface area contributed by atoms with Gasteiger partial charge in [-0.15, -0.1) is 0 Å². The van der Waals surface area contributed by atoms with Crippen molar-refractivity contribution in [1.82, 2.24) is 9.13 Å². The highest BCUT2D eigenvalue weighted by Gasteiger charge is 2.29. The fourth-order valence-electron chi connectivity index (χ4n) is 4.21. The van der Waals surface area contributed by atoms with Crippen LogP contribution in [0.15, 0.2) is 58.3 Å². The number of benzene rings is 2. The Morgan fingerprint density at radius 1 is 1.09 bits per heavy atom. The Morgan fingerprint density at radius 3 is 2.54 bits per heavy atom.